The summed E-state index contributed by atoms with van der Waals surface area (Å²) < 4.78 is 0. The molecule has 2 unspecified atom stereocenters. The Morgan fingerprint density at radius 1 is 1.47 bits per heavy atom. The van der Waals surface area contributed by atoms with Gasteiger partial charge in [-0.1, -0.05) is 27.2 Å². The molecule has 0 heterocycles. The van der Waals surface area contributed by atoms with Crippen molar-refractivity contribution in [3.05, 3.63) is 0 Å². The van der Waals surface area contributed by atoms with Crippen LogP contribution < -0.4 is 5.73 Å². The molecule has 2 nitrogen and oxygen atoms in total. The van der Waals surface area contributed by atoms with Crippen LogP contribution in [-0.2, 0) is 0 Å². The van der Waals surface area contributed by atoms with E-state index >= 15 is 0 Å². The predicted octanol–water partition coefficient (Wildman–Crippen LogP) is 2.48. The molecule has 0 aromatic carbocycles. The van der Waals surface area contributed by atoms with Gasteiger partial charge in [0.2, 0.25) is 0 Å². The molecule has 1 saturated carbocycles. The molecule has 0 spiro atoms. The van der Waals surface area contributed by atoms with Crippen molar-refractivity contribution in [1.29, 1.82) is 0 Å². The van der Waals surface area contributed by atoms with Gasteiger partial charge in [-0.05, 0) is 38.1 Å². The first kappa shape index (κ1) is 13.0. The van der Waals surface area contributed by atoms with Crippen molar-refractivity contribution in [1.82, 2.24) is 4.90 Å². The molecule has 90 valence electrons. The fraction of sp³-hybridized carbons (Fsp3) is 1.00. The van der Waals surface area contributed by atoms with E-state index < -0.39 is 0 Å². The number of rotatable bonds is 6. The van der Waals surface area contributed by atoms with Crippen molar-refractivity contribution in [2.75, 3.05) is 20.1 Å². The molecule has 0 saturated heterocycles. The average molecular weight is 212 g/mol. The highest BCUT2D eigenvalue weighted by atomic mass is 15.2. The van der Waals surface area contributed by atoms with Gasteiger partial charge in [-0.25, -0.2) is 0 Å². The Kier molecular flexibility index (Phi) is 3.83. The van der Waals surface area contributed by atoms with Crippen LogP contribution in [0.1, 0.15) is 47.0 Å². The first-order valence-corrected chi connectivity index (χ1v) is 6.31. The fourth-order valence-electron chi connectivity index (χ4n) is 2.39. The summed E-state index contributed by atoms with van der Waals surface area (Å²) in [4.78, 5) is 2.49. The van der Waals surface area contributed by atoms with Crippen molar-refractivity contribution in [3.63, 3.8) is 0 Å². The zero-order chi connectivity index (χ0) is 11.7. The minimum absolute atomic E-state index is 0.191. The molecule has 15 heavy (non-hydrogen) atoms. The first-order valence-electron chi connectivity index (χ1n) is 6.31. The summed E-state index contributed by atoms with van der Waals surface area (Å²) in [6.45, 7) is 11.2. The van der Waals surface area contributed by atoms with Gasteiger partial charge >= 0.3 is 0 Å². The summed E-state index contributed by atoms with van der Waals surface area (Å²) in [5.41, 5.74) is 6.66. The summed E-state index contributed by atoms with van der Waals surface area (Å²) in [6.07, 6.45) is 3.93. The second-order valence-corrected chi connectivity index (χ2v) is 5.93. The standard InChI is InChI=1S/C13H28N2/c1-6-11(2)9-15(5)13(4,10-14)12(3)7-8-12/h11H,6-10,14H2,1-5H3. The normalized spacial score (nSPS) is 25.0. The molecule has 0 aromatic heterocycles. The van der Waals surface area contributed by atoms with Crippen LogP contribution in [0, 0.1) is 11.3 Å². The van der Waals surface area contributed by atoms with Crippen LogP contribution in [0.25, 0.3) is 0 Å². The van der Waals surface area contributed by atoms with Gasteiger partial charge in [0, 0.05) is 18.6 Å². The van der Waals surface area contributed by atoms with Gasteiger partial charge in [0.15, 0.2) is 0 Å². The number of nitrogens with two attached hydrogens (primary N) is 1. The van der Waals surface area contributed by atoms with Crippen LogP contribution in [0.2, 0.25) is 0 Å². The molecule has 1 fully saturated rings. The lowest BCUT2D eigenvalue weighted by Crippen LogP contribution is -2.56. The van der Waals surface area contributed by atoms with E-state index in [1.54, 1.807) is 0 Å². The zero-order valence-corrected chi connectivity index (χ0v) is 11.1. The number of likely N-dealkylation sites (N-methyl/N-ethyl adjacent to an activating group) is 1. The minimum atomic E-state index is 0.191. The maximum Gasteiger partial charge on any atom is 0.0354 e. The highest BCUT2D eigenvalue weighted by molar-refractivity contribution is 5.09. The third-order valence-corrected chi connectivity index (χ3v) is 4.82. The van der Waals surface area contributed by atoms with E-state index in [1.807, 2.05) is 0 Å². The second kappa shape index (κ2) is 4.42. The van der Waals surface area contributed by atoms with Crippen LogP contribution in [0.5, 0.6) is 0 Å². The molecule has 1 aliphatic rings. The largest absolute Gasteiger partial charge is 0.329 e. The highest BCUT2D eigenvalue weighted by Gasteiger charge is 2.54. The SMILES string of the molecule is CCC(C)CN(C)C(C)(CN)C1(C)CC1. The van der Waals surface area contributed by atoms with Crippen molar-refractivity contribution < 1.29 is 0 Å². The minimum Gasteiger partial charge on any atom is -0.329 e. The van der Waals surface area contributed by atoms with Crippen molar-refractivity contribution in [3.8, 4) is 0 Å². The molecule has 2 N–H and O–H groups in total. The van der Waals surface area contributed by atoms with E-state index in [4.69, 9.17) is 5.73 Å². The second-order valence-electron chi connectivity index (χ2n) is 5.93. The Balaban J connectivity index is 2.65. The predicted molar refractivity (Wildman–Crippen MR) is 66.9 cm³/mol. The highest BCUT2D eigenvalue weighted by Crippen LogP contribution is 2.55. The molecular weight excluding hydrogens is 184 g/mol. The summed E-state index contributed by atoms with van der Waals surface area (Å²) in [5, 5.41) is 0. The summed E-state index contributed by atoms with van der Waals surface area (Å²) in [7, 11) is 2.24. The van der Waals surface area contributed by atoms with E-state index in [0.717, 1.165) is 12.5 Å². The number of nitrogens with zero attached hydrogens (tertiary/aromatic N) is 1. The quantitative estimate of drug-likeness (QED) is 0.733. The molecule has 0 aliphatic heterocycles. The van der Waals surface area contributed by atoms with Gasteiger partial charge in [0.05, 0.1) is 0 Å². The summed E-state index contributed by atoms with van der Waals surface area (Å²) in [5.74, 6) is 0.767. The molecule has 1 aliphatic carbocycles. The van der Waals surface area contributed by atoms with Gasteiger partial charge < -0.3 is 5.73 Å². The molecule has 2 heteroatoms. The van der Waals surface area contributed by atoms with Crippen molar-refractivity contribution in [2.24, 2.45) is 17.1 Å². The first-order chi connectivity index (χ1) is 6.89. The number of hydrogen-bond acceptors (Lipinski definition) is 2. The monoisotopic (exact) mass is 212 g/mol. The molecule has 0 bridgehead atoms. The van der Waals surface area contributed by atoms with Crippen molar-refractivity contribution >= 4 is 0 Å². The van der Waals surface area contributed by atoms with Gasteiger partial charge in [0.25, 0.3) is 0 Å². The van der Waals surface area contributed by atoms with Crippen LogP contribution >= 0.6 is 0 Å². The maximum atomic E-state index is 6.01. The lowest BCUT2D eigenvalue weighted by molar-refractivity contribution is 0.0599. The fourth-order valence-corrected chi connectivity index (χ4v) is 2.39. The third-order valence-electron chi connectivity index (χ3n) is 4.82. The number of hydrogen-bond donors (Lipinski definition) is 1. The Labute approximate surface area is 95.2 Å². The molecule has 1 rings (SSSR count). The maximum absolute atomic E-state index is 6.01. The van der Waals surface area contributed by atoms with E-state index in [0.29, 0.717) is 5.41 Å². The lowest BCUT2D eigenvalue weighted by atomic mass is 9.82. The van der Waals surface area contributed by atoms with Crippen LogP contribution in [0.4, 0.5) is 0 Å². The average Bonchev–Trinajstić information content (AvgIpc) is 2.96. The Morgan fingerprint density at radius 2 is 2.00 bits per heavy atom. The summed E-state index contributed by atoms with van der Waals surface area (Å²) >= 11 is 0. The Morgan fingerprint density at radius 3 is 2.33 bits per heavy atom. The van der Waals surface area contributed by atoms with Gasteiger partial charge in [0.1, 0.15) is 0 Å². The third kappa shape index (κ3) is 2.36. The molecule has 0 amide bonds. The van der Waals surface area contributed by atoms with Gasteiger partial charge in [-0.2, -0.15) is 0 Å². The van der Waals surface area contributed by atoms with Gasteiger partial charge in [-0.15, -0.1) is 0 Å². The summed E-state index contributed by atoms with van der Waals surface area (Å²) in [6, 6.07) is 0. The molecule has 0 radical (unpaired) electrons. The zero-order valence-electron chi connectivity index (χ0n) is 11.1. The Hall–Kier alpha value is -0.0800. The van der Waals surface area contributed by atoms with Gasteiger partial charge in [-0.3, -0.25) is 4.90 Å². The van der Waals surface area contributed by atoms with E-state index in [1.165, 1.54) is 25.8 Å². The van der Waals surface area contributed by atoms with E-state index in [2.05, 4.69) is 39.6 Å². The van der Waals surface area contributed by atoms with E-state index in [-0.39, 0.29) is 5.54 Å². The smallest absolute Gasteiger partial charge is 0.0354 e. The Bertz CT molecular complexity index is 211. The van der Waals surface area contributed by atoms with Crippen LogP contribution in [0.15, 0.2) is 0 Å². The molecule has 0 aromatic rings. The van der Waals surface area contributed by atoms with Crippen molar-refractivity contribution in [2.45, 2.75) is 52.5 Å². The molecule has 2 atom stereocenters. The lowest BCUT2D eigenvalue weighted by Gasteiger charge is -2.44. The molecular formula is C13H28N2. The van der Waals surface area contributed by atoms with Crippen LogP contribution in [-0.4, -0.2) is 30.6 Å². The topological polar surface area (TPSA) is 29.3 Å². The van der Waals surface area contributed by atoms with E-state index in [9.17, 15) is 0 Å². The van der Waals surface area contributed by atoms with Crippen LogP contribution in [0.3, 0.4) is 0 Å².